The number of hydrogen-bond donors (Lipinski definition) is 1. The Balaban J connectivity index is 1.93. The van der Waals surface area contributed by atoms with E-state index in [-0.39, 0.29) is 18.1 Å². The van der Waals surface area contributed by atoms with Crippen LogP contribution in [0.4, 0.5) is 5.69 Å². The number of aryl methyl sites for hydroxylation is 2. The molecule has 6 nitrogen and oxygen atoms in total. The number of nitrogens with one attached hydrogen (secondary N) is 1. The number of nitriles is 1. The summed E-state index contributed by atoms with van der Waals surface area (Å²) in [6, 6.07) is 15.1. The second-order valence-corrected chi connectivity index (χ2v) is 6.96. The number of amides is 1. The van der Waals surface area contributed by atoms with Crippen LogP contribution in [0.1, 0.15) is 23.6 Å². The summed E-state index contributed by atoms with van der Waals surface area (Å²) in [6.07, 6.45) is 3.29. The number of fused-ring (bicyclic) bond motifs is 1. The number of benzene rings is 2. The number of ether oxygens (including phenoxy) is 1. The van der Waals surface area contributed by atoms with Crippen LogP contribution in [0.5, 0.6) is 0 Å². The highest BCUT2D eigenvalue weighted by molar-refractivity contribution is 6.10. The van der Waals surface area contributed by atoms with Crippen LogP contribution in [0.3, 0.4) is 0 Å². The van der Waals surface area contributed by atoms with Gasteiger partial charge < -0.3 is 14.6 Å². The monoisotopic (exact) mass is 401 g/mol. The molecule has 0 bridgehead atoms. The van der Waals surface area contributed by atoms with E-state index < -0.39 is 5.91 Å². The second-order valence-electron chi connectivity index (χ2n) is 6.96. The van der Waals surface area contributed by atoms with Crippen LogP contribution in [0.25, 0.3) is 17.0 Å². The maximum atomic E-state index is 12.7. The summed E-state index contributed by atoms with van der Waals surface area (Å²) in [5.74, 6) is -0.829. The van der Waals surface area contributed by atoms with E-state index in [9.17, 15) is 14.9 Å². The SMILES string of the molecule is CCOC(=O)Cn1cc(C=C(C#N)C(=O)Nc2ccc(C)c(C)c2)c2ccccc21. The Morgan fingerprint density at radius 2 is 1.93 bits per heavy atom. The van der Waals surface area contributed by atoms with E-state index in [1.165, 1.54) is 0 Å². The summed E-state index contributed by atoms with van der Waals surface area (Å²) in [4.78, 5) is 24.6. The molecule has 0 atom stereocenters. The van der Waals surface area contributed by atoms with Gasteiger partial charge in [-0.1, -0.05) is 24.3 Å². The van der Waals surface area contributed by atoms with Crippen molar-refractivity contribution in [2.24, 2.45) is 0 Å². The van der Waals surface area contributed by atoms with E-state index in [2.05, 4.69) is 5.32 Å². The zero-order valence-electron chi connectivity index (χ0n) is 17.2. The van der Waals surface area contributed by atoms with Crippen LogP contribution < -0.4 is 5.32 Å². The van der Waals surface area contributed by atoms with Crippen LogP contribution in [0.2, 0.25) is 0 Å². The Kier molecular flexibility index (Phi) is 6.33. The first-order valence-electron chi connectivity index (χ1n) is 9.66. The van der Waals surface area contributed by atoms with Gasteiger partial charge in [0.05, 0.1) is 6.61 Å². The fraction of sp³-hybridized carbons (Fsp3) is 0.208. The van der Waals surface area contributed by atoms with Gasteiger partial charge in [-0.05, 0) is 56.2 Å². The highest BCUT2D eigenvalue weighted by Gasteiger charge is 2.14. The number of para-hydroxylation sites is 1. The first-order chi connectivity index (χ1) is 14.4. The predicted octanol–water partition coefficient (Wildman–Crippen LogP) is 4.37. The Bertz CT molecular complexity index is 1180. The van der Waals surface area contributed by atoms with Crippen molar-refractivity contribution in [3.63, 3.8) is 0 Å². The summed E-state index contributed by atoms with van der Waals surface area (Å²) in [5.41, 5.74) is 4.29. The predicted molar refractivity (Wildman–Crippen MR) is 117 cm³/mol. The van der Waals surface area contributed by atoms with E-state index in [0.717, 1.165) is 22.0 Å². The zero-order valence-corrected chi connectivity index (χ0v) is 17.2. The van der Waals surface area contributed by atoms with Crippen LogP contribution in [0.15, 0.2) is 54.2 Å². The van der Waals surface area contributed by atoms with E-state index in [0.29, 0.717) is 17.9 Å². The number of esters is 1. The molecule has 0 aliphatic rings. The third-order valence-electron chi connectivity index (χ3n) is 4.85. The normalized spacial score (nSPS) is 11.2. The van der Waals surface area contributed by atoms with Crippen molar-refractivity contribution >= 4 is 34.5 Å². The Morgan fingerprint density at radius 3 is 2.63 bits per heavy atom. The lowest BCUT2D eigenvalue weighted by Gasteiger charge is -2.07. The minimum Gasteiger partial charge on any atom is -0.465 e. The third kappa shape index (κ3) is 4.58. The highest BCUT2D eigenvalue weighted by atomic mass is 16.5. The molecule has 3 aromatic rings. The molecule has 0 radical (unpaired) electrons. The summed E-state index contributed by atoms with van der Waals surface area (Å²) < 4.78 is 6.80. The van der Waals surface area contributed by atoms with Gasteiger partial charge in [0.1, 0.15) is 18.2 Å². The molecule has 3 rings (SSSR count). The van der Waals surface area contributed by atoms with E-state index >= 15 is 0 Å². The summed E-state index contributed by atoms with van der Waals surface area (Å²) >= 11 is 0. The highest BCUT2D eigenvalue weighted by Crippen LogP contribution is 2.24. The van der Waals surface area contributed by atoms with Crippen LogP contribution in [-0.2, 0) is 20.9 Å². The van der Waals surface area contributed by atoms with Crippen LogP contribution >= 0.6 is 0 Å². The van der Waals surface area contributed by atoms with Crippen molar-refractivity contribution in [1.29, 1.82) is 5.26 Å². The molecular formula is C24H23N3O3. The van der Waals surface area contributed by atoms with Crippen LogP contribution in [-0.4, -0.2) is 23.1 Å². The smallest absolute Gasteiger partial charge is 0.325 e. The first-order valence-corrected chi connectivity index (χ1v) is 9.66. The van der Waals surface area contributed by atoms with E-state index in [1.807, 2.05) is 56.3 Å². The van der Waals surface area contributed by atoms with Crippen molar-refractivity contribution in [3.05, 3.63) is 70.9 Å². The largest absolute Gasteiger partial charge is 0.465 e. The molecule has 6 heteroatoms. The van der Waals surface area contributed by atoms with E-state index in [4.69, 9.17) is 4.74 Å². The molecule has 1 N–H and O–H groups in total. The third-order valence-corrected chi connectivity index (χ3v) is 4.85. The first kappa shape index (κ1) is 20.9. The van der Waals surface area contributed by atoms with Gasteiger partial charge in [-0.3, -0.25) is 9.59 Å². The van der Waals surface area contributed by atoms with Gasteiger partial charge >= 0.3 is 5.97 Å². The molecule has 1 aromatic heterocycles. The molecule has 0 spiro atoms. The maximum absolute atomic E-state index is 12.7. The molecule has 0 aliphatic heterocycles. The van der Waals surface area contributed by atoms with Gasteiger partial charge in [-0.25, -0.2) is 0 Å². The number of rotatable bonds is 6. The summed E-state index contributed by atoms with van der Waals surface area (Å²) in [6.45, 7) is 6.08. The van der Waals surface area contributed by atoms with Crippen molar-refractivity contribution in [3.8, 4) is 6.07 Å². The fourth-order valence-electron chi connectivity index (χ4n) is 3.19. The molecule has 0 aliphatic carbocycles. The average molecular weight is 401 g/mol. The molecule has 0 unspecified atom stereocenters. The molecule has 30 heavy (non-hydrogen) atoms. The second kappa shape index (κ2) is 9.10. The molecule has 1 amide bonds. The molecule has 152 valence electrons. The zero-order chi connectivity index (χ0) is 21.7. The number of nitrogens with zero attached hydrogens (tertiary/aromatic N) is 2. The molecular weight excluding hydrogens is 378 g/mol. The van der Waals surface area contributed by atoms with Gasteiger partial charge in [-0.2, -0.15) is 5.26 Å². The number of hydrogen-bond acceptors (Lipinski definition) is 4. The summed E-state index contributed by atoms with van der Waals surface area (Å²) in [7, 11) is 0. The number of aromatic nitrogens is 1. The quantitative estimate of drug-likeness (QED) is 0.378. The average Bonchev–Trinajstić information content (AvgIpc) is 3.06. The number of anilines is 1. The number of carbonyl (C=O) groups is 2. The Morgan fingerprint density at radius 1 is 1.17 bits per heavy atom. The van der Waals surface area contributed by atoms with Crippen molar-refractivity contribution in [2.45, 2.75) is 27.3 Å². The minimum atomic E-state index is -0.483. The van der Waals surface area contributed by atoms with Gasteiger partial charge in [0.15, 0.2) is 0 Å². The number of carbonyl (C=O) groups excluding carboxylic acids is 2. The lowest BCUT2D eigenvalue weighted by Crippen LogP contribution is -2.13. The van der Waals surface area contributed by atoms with Crippen molar-refractivity contribution in [2.75, 3.05) is 11.9 Å². The van der Waals surface area contributed by atoms with Gasteiger partial charge in [0.2, 0.25) is 0 Å². The molecule has 0 saturated heterocycles. The van der Waals surface area contributed by atoms with E-state index in [1.54, 1.807) is 29.8 Å². The molecule has 0 saturated carbocycles. The van der Waals surface area contributed by atoms with Crippen molar-refractivity contribution in [1.82, 2.24) is 4.57 Å². The molecule has 1 heterocycles. The van der Waals surface area contributed by atoms with Crippen molar-refractivity contribution < 1.29 is 14.3 Å². The lowest BCUT2D eigenvalue weighted by atomic mass is 10.1. The summed E-state index contributed by atoms with van der Waals surface area (Å²) in [5, 5.41) is 13.2. The minimum absolute atomic E-state index is 0.0211. The molecule has 0 fully saturated rings. The van der Waals surface area contributed by atoms with Gasteiger partial charge in [0.25, 0.3) is 5.91 Å². The fourth-order valence-corrected chi connectivity index (χ4v) is 3.19. The van der Waals surface area contributed by atoms with Crippen LogP contribution in [0, 0.1) is 25.2 Å². The Hall–Kier alpha value is -3.85. The molecule has 2 aromatic carbocycles. The maximum Gasteiger partial charge on any atom is 0.325 e. The van der Waals surface area contributed by atoms with Gasteiger partial charge in [-0.15, -0.1) is 0 Å². The Labute approximate surface area is 175 Å². The van der Waals surface area contributed by atoms with Gasteiger partial charge in [0, 0.05) is 28.4 Å². The standard InChI is InChI=1S/C24H23N3O3/c1-4-30-23(28)15-27-14-19(21-7-5-6-8-22(21)27)12-18(13-25)24(29)26-20-10-9-16(2)17(3)11-20/h5-12,14H,4,15H2,1-3H3,(H,26,29). The topological polar surface area (TPSA) is 84.1 Å². The lowest BCUT2D eigenvalue weighted by molar-refractivity contribution is -0.143.